The van der Waals surface area contributed by atoms with Gasteiger partial charge in [0.1, 0.15) is 5.60 Å². The van der Waals surface area contributed by atoms with E-state index in [1.807, 2.05) is 45.0 Å². The summed E-state index contributed by atoms with van der Waals surface area (Å²) in [6.45, 7) is 12.2. The van der Waals surface area contributed by atoms with Gasteiger partial charge in [0, 0.05) is 58.3 Å². The third-order valence-electron chi connectivity index (χ3n) is 6.97. The van der Waals surface area contributed by atoms with Crippen LogP contribution in [-0.4, -0.2) is 101 Å². The van der Waals surface area contributed by atoms with E-state index in [2.05, 4.69) is 27.3 Å². The monoisotopic (exact) mass is 530 g/mol. The number of likely N-dealkylation sites (tertiary alicyclic amines) is 1. The Morgan fingerprint density at radius 1 is 1.08 bits per heavy atom. The van der Waals surface area contributed by atoms with Crippen LogP contribution in [0.15, 0.2) is 30.5 Å². The van der Waals surface area contributed by atoms with Gasteiger partial charge in [0.15, 0.2) is 0 Å². The van der Waals surface area contributed by atoms with E-state index in [1.54, 1.807) is 15.8 Å². The lowest BCUT2D eigenvalue weighted by Crippen LogP contribution is -2.47. The van der Waals surface area contributed by atoms with Gasteiger partial charge in [-0.25, -0.2) is 9.48 Å². The molecule has 0 saturated carbocycles. The molecule has 0 bridgehead atoms. The summed E-state index contributed by atoms with van der Waals surface area (Å²) in [4.78, 5) is 32.4. The fourth-order valence-corrected chi connectivity index (χ4v) is 5.11. The lowest BCUT2D eigenvalue weighted by molar-refractivity contribution is 0.0203. The molecule has 4 rings (SSSR count). The molecule has 0 aliphatic carbocycles. The highest BCUT2D eigenvalue weighted by Gasteiger charge is 2.32. The Kier molecular flexibility index (Phi) is 8.77. The molecule has 1 aromatic carbocycles. The summed E-state index contributed by atoms with van der Waals surface area (Å²) < 4.78 is 7.35. The molecule has 2 fully saturated rings. The lowest BCUT2D eigenvalue weighted by Gasteiger charge is -2.34. The number of benzene rings is 1. The summed E-state index contributed by atoms with van der Waals surface area (Å²) in [6.07, 6.45) is 2.75. The molecule has 2 amide bonds. The number of halogens is 1. The van der Waals surface area contributed by atoms with Gasteiger partial charge in [0.25, 0.3) is 5.91 Å². The number of rotatable bonds is 6. The zero-order valence-corrected chi connectivity index (χ0v) is 23.1. The van der Waals surface area contributed by atoms with Gasteiger partial charge in [0.2, 0.25) is 0 Å². The maximum absolute atomic E-state index is 13.4. The van der Waals surface area contributed by atoms with E-state index in [4.69, 9.17) is 16.3 Å². The van der Waals surface area contributed by atoms with Crippen LogP contribution in [0.3, 0.4) is 0 Å². The molecule has 2 aromatic rings. The number of aromatic nitrogens is 2. The third-order valence-corrected chi connectivity index (χ3v) is 7.29. The average molecular weight is 531 g/mol. The maximum atomic E-state index is 13.4. The molecule has 0 radical (unpaired) electrons. The van der Waals surface area contributed by atoms with Crippen molar-refractivity contribution in [3.05, 3.63) is 46.7 Å². The Hall–Kier alpha value is -2.62. The zero-order valence-electron chi connectivity index (χ0n) is 22.4. The second-order valence-corrected chi connectivity index (χ2v) is 11.4. The van der Waals surface area contributed by atoms with E-state index in [0.717, 1.165) is 44.1 Å². The highest BCUT2D eigenvalue weighted by molar-refractivity contribution is 6.32. The Bertz CT molecular complexity index is 1080. The Morgan fingerprint density at radius 3 is 2.41 bits per heavy atom. The van der Waals surface area contributed by atoms with Crippen LogP contribution in [0.4, 0.5) is 4.79 Å². The molecule has 2 aliphatic rings. The molecule has 10 heteroatoms. The van der Waals surface area contributed by atoms with Crippen LogP contribution in [0.2, 0.25) is 5.02 Å². The van der Waals surface area contributed by atoms with Crippen LogP contribution in [0, 0.1) is 0 Å². The molecule has 0 spiro atoms. The number of piperazine rings is 1. The lowest BCUT2D eigenvalue weighted by atomic mass is 9.91. The molecular formula is C27H39ClN6O3. The number of likely N-dealkylation sites (N-methyl/N-ethyl adjacent to an activating group) is 1. The predicted molar refractivity (Wildman–Crippen MR) is 145 cm³/mol. The first-order valence-electron chi connectivity index (χ1n) is 13.1. The van der Waals surface area contributed by atoms with Crippen LogP contribution in [0.5, 0.6) is 0 Å². The Labute approximate surface area is 224 Å². The van der Waals surface area contributed by atoms with Crippen LogP contribution in [0.1, 0.15) is 55.6 Å². The van der Waals surface area contributed by atoms with Gasteiger partial charge in [-0.15, -0.1) is 0 Å². The number of ether oxygens (including phenoxy) is 1. The van der Waals surface area contributed by atoms with Crippen molar-refractivity contribution in [2.45, 2.75) is 45.1 Å². The minimum Gasteiger partial charge on any atom is -0.444 e. The van der Waals surface area contributed by atoms with Gasteiger partial charge in [-0.05, 0) is 52.8 Å². The standard InChI is InChI=1S/C27H39ClN6O3/c1-27(2,3)37-26(36)33-12-9-20(10-13-33)24-21(19-30-34(24)23-8-6-5-7-22(23)28)25(35)29-11-14-32-17-15-31(4)16-18-32/h5-8,19-20H,9-18H2,1-4H3,(H,29,35). The van der Waals surface area contributed by atoms with Crippen LogP contribution >= 0.6 is 11.6 Å². The number of piperidine rings is 1. The molecule has 0 atom stereocenters. The molecule has 3 heterocycles. The molecule has 202 valence electrons. The van der Waals surface area contributed by atoms with Crippen molar-refractivity contribution < 1.29 is 14.3 Å². The van der Waals surface area contributed by atoms with E-state index in [-0.39, 0.29) is 17.9 Å². The number of carbonyl (C=O) groups excluding carboxylic acids is 2. The average Bonchev–Trinajstić information content (AvgIpc) is 3.29. The fourth-order valence-electron chi connectivity index (χ4n) is 4.90. The summed E-state index contributed by atoms with van der Waals surface area (Å²) in [5.41, 5.74) is 1.61. The number of carbonyl (C=O) groups is 2. The number of amides is 2. The Morgan fingerprint density at radius 2 is 1.76 bits per heavy atom. The quantitative estimate of drug-likeness (QED) is 0.614. The number of nitrogens with zero attached hydrogens (tertiary/aromatic N) is 5. The molecule has 0 unspecified atom stereocenters. The topological polar surface area (TPSA) is 82.9 Å². The molecule has 2 saturated heterocycles. The summed E-state index contributed by atoms with van der Waals surface area (Å²) in [5, 5.41) is 8.28. The van der Waals surface area contributed by atoms with Crippen molar-refractivity contribution in [3.8, 4) is 5.69 Å². The van der Waals surface area contributed by atoms with E-state index >= 15 is 0 Å². The summed E-state index contributed by atoms with van der Waals surface area (Å²) in [5.74, 6) is -0.0761. The van der Waals surface area contributed by atoms with Gasteiger partial charge >= 0.3 is 6.09 Å². The minimum absolute atomic E-state index is 0.0517. The summed E-state index contributed by atoms with van der Waals surface area (Å²) in [6, 6.07) is 7.51. The molecule has 1 aromatic heterocycles. The number of nitrogens with one attached hydrogen (secondary N) is 1. The van der Waals surface area contributed by atoms with Gasteiger partial charge in [-0.3, -0.25) is 9.69 Å². The smallest absolute Gasteiger partial charge is 0.410 e. The molecule has 37 heavy (non-hydrogen) atoms. The van der Waals surface area contributed by atoms with Crippen LogP contribution in [0.25, 0.3) is 5.69 Å². The highest BCUT2D eigenvalue weighted by Crippen LogP contribution is 2.34. The first-order valence-corrected chi connectivity index (χ1v) is 13.5. The van der Waals surface area contributed by atoms with E-state index in [1.165, 1.54) is 0 Å². The van der Waals surface area contributed by atoms with Crippen LogP contribution in [-0.2, 0) is 4.74 Å². The van der Waals surface area contributed by atoms with Gasteiger partial charge < -0.3 is 19.9 Å². The number of hydrogen-bond donors (Lipinski definition) is 1. The van der Waals surface area contributed by atoms with Gasteiger partial charge in [0.05, 0.1) is 28.2 Å². The molecular weight excluding hydrogens is 492 g/mol. The second-order valence-electron chi connectivity index (χ2n) is 10.9. The second kappa shape index (κ2) is 11.8. The highest BCUT2D eigenvalue weighted by atomic mass is 35.5. The van der Waals surface area contributed by atoms with Gasteiger partial charge in [-0.1, -0.05) is 23.7 Å². The van der Waals surface area contributed by atoms with Crippen molar-refractivity contribution in [1.29, 1.82) is 0 Å². The van der Waals surface area contributed by atoms with Crippen LogP contribution < -0.4 is 5.32 Å². The number of hydrogen-bond acceptors (Lipinski definition) is 6. The molecule has 1 N–H and O–H groups in total. The minimum atomic E-state index is -0.536. The van der Waals surface area contributed by atoms with E-state index in [0.29, 0.717) is 43.1 Å². The van der Waals surface area contributed by atoms with Crippen molar-refractivity contribution in [2.75, 3.05) is 59.4 Å². The normalized spacial score (nSPS) is 18.1. The maximum Gasteiger partial charge on any atom is 0.410 e. The van der Waals surface area contributed by atoms with Crippen molar-refractivity contribution in [1.82, 2.24) is 29.8 Å². The van der Waals surface area contributed by atoms with Crippen molar-refractivity contribution >= 4 is 23.6 Å². The largest absolute Gasteiger partial charge is 0.444 e. The first kappa shape index (κ1) is 27.4. The first-order chi connectivity index (χ1) is 17.6. The number of para-hydroxylation sites is 1. The summed E-state index contributed by atoms with van der Waals surface area (Å²) >= 11 is 6.52. The molecule has 2 aliphatic heterocycles. The van der Waals surface area contributed by atoms with Crippen molar-refractivity contribution in [2.24, 2.45) is 0 Å². The Balaban J connectivity index is 1.49. The predicted octanol–water partition coefficient (Wildman–Crippen LogP) is 3.62. The molecule has 9 nitrogen and oxygen atoms in total. The van der Waals surface area contributed by atoms with E-state index in [9.17, 15) is 9.59 Å². The van der Waals surface area contributed by atoms with Gasteiger partial charge in [-0.2, -0.15) is 5.10 Å². The SMILES string of the molecule is CN1CCN(CCNC(=O)c2cnn(-c3ccccc3Cl)c2C2CCN(C(=O)OC(C)(C)C)CC2)CC1. The third kappa shape index (κ3) is 7.03. The van der Waals surface area contributed by atoms with E-state index < -0.39 is 5.60 Å². The van der Waals surface area contributed by atoms with Crippen molar-refractivity contribution in [3.63, 3.8) is 0 Å². The zero-order chi connectivity index (χ0) is 26.6. The summed E-state index contributed by atoms with van der Waals surface area (Å²) in [7, 11) is 2.13. The fraction of sp³-hybridized carbons (Fsp3) is 0.593.